The standard InChI is InChI=1S/C5H5NO4S2/c6-12(7,8)4-3-5(9-10-5)1-2-11-4/h1-3H,(H2,6,7,8). The number of nitrogens with two attached hydrogens (primary N) is 1. The van der Waals surface area contributed by atoms with Gasteiger partial charge in [-0.25, -0.2) is 13.6 Å². The average molecular weight is 207 g/mol. The third kappa shape index (κ3) is 1.41. The minimum Gasteiger partial charge on any atom is -0.224 e. The molecule has 0 bridgehead atoms. The molecule has 2 N–H and O–H groups in total. The highest BCUT2D eigenvalue weighted by Crippen LogP contribution is 2.41. The van der Waals surface area contributed by atoms with Crippen molar-refractivity contribution in [3.8, 4) is 0 Å². The summed E-state index contributed by atoms with van der Waals surface area (Å²) in [6, 6.07) is 0. The first-order valence-corrected chi connectivity index (χ1v) is 5.41. The quantitative estimate of drug-likeness (QED) is 0.484. The summed E-state index contributed by atoms with van der Waals surface area (Å²) < 4.78 is 21.7. The Labute approximate surface area is 73.2 Å². The van der Waals surface area contributed by atoms with Gasteiger partial charge in [-0.2, -0.15) is 9.78 Å². The SMILES string of the molecule is NS(=O)(=O)C1=CC2(C=CS1)OO2. The third-order valence-corrected chi connectivity index (χ3v) is 3.65. The van der Waals surface area contributed by atoms with Crippen LogP contribution in [0.3, 0.4) is 0 Å². The van der Waals surface area contributed by atoms with E-state index in [4.69, 9.17) is 5.14 Å². The summed E-state index contributed by atoms with van der Waals surface area (Å²) in [4.78, 5) is 9.13. The lowest BCUT2D eigenvalue weighted by Crippen LogP contribution is -2.16. The molecule has 0 aromatic carbocycles. The Hall–Kier alpha value is -0.340. The van der Waals surface area contributed by atoms with Crippen molar-refractivity contribution in [2.24, 2.45) is 5.14 Å². The van der Waals surface area contributed by atoms with Crippen molar-refractivity contribution < 1.29 is 18.2 Å². The van der Waals surface area contributed by atoms with E-state index in [-0.39, 0.29) is 4.24 Å². The zero-order valence-corrected chi connectivity index (χ0v) is 7.39. The second-order valence-electron chi connectivity index (χ2n) is 2.32. The van der Waals surface area contributed by atoms with Crippen molar-refractivity contribution in [2.45, 2.75) is 5.79 Å². The molecule has 2 aliphatic rings. The van der Waals surface area contributed by atoms with Gasteiger partial charge in [-0.15, -0.1) is 0 Å². The second kappa shape index (κ2) is 2.33. The first kappa shape index (κ1) is 8.27. The lowest BCUT2D eigenvalue weighted by atomic mass is 10.3. The van der Waals surface area contributed by atoms with E-state index in [1.165, 1.54) is 6.08 Å². The molecule has 1 fully saturated rings. The molecule has 0 radical (unpaired) electrons. The van der Waals surface area contributed by atoms with Crippen molar-refractivity contribution in [1.29, 1.82) is 0 Å². The number of primary sulfonamides is 1. The van der Waals surface area contributed by atoms with Crippen molar-refractivity contribution in [2.75, 3.05) is 0 Å². The molecule has 2 aliphatic heterocycles. The van der Waals surface area contributed by atoms with Gasteiger partial charge >= 0.3 is 0 Å². The first-order chi connectivity index (χ1) is 5.52. The Morgan fingerprint density at radius 3 is 2.67 bits per heavy atom. The fraction of sp³-hybridized carbons (Fsp3) is 0.200. The van der Waals surface area contributed by atoms with Crippen LogP contribution in [0, 0.1) is 0 Å². The van der Waals surface area contributed by atoms with E-state index in [1.807, 2.05) is 0 Å². The molecule has 0 aromatic rings. The van der Waals surface area contributed by atoms with Crippen LogP contribution in [0.4, 0.5) is 0 Å². The van der Waals surface area contributed by atoms with Gasteiger partial charge in [0.2, 0.25) is 10.0 Å². The summed E-state index contributed by atoms with van der Waals surface area (Å²) >= 11 is 1.02. The van der Waals surface area contributed by atoms with Gasteiger partial charge in [-0.05, 0) is 11.5 Å². The highest BCUT2D eigenvalue weighted by molar-refractivity contribution is 8.19. The molecule has 0 aromatic heterocycles. The van der Waals surface area contributed by atoms with Crippen LogP contribution in [0.15, 0.2) is 21.8 Å². The van der Waals surface area contributed by atoms with E-state index in [0.717, 1.165) is 11.8 Å². The van der Waals surface area contributed by atoms with E-state index >= 15 is 0 Å². The van der Waals surface area contributed by atoms with Gasteiger partial charge in [-0.3, -0.25) is 0 Å². The molecular formula is C5H5NO4S2. The molecule has 66 valence electrons. The summed E-state index contributed by atoms with van der Waals surface area (Å²) in [5.41, 5.74) is 0. The third-order valence-electron chi connectivity index (χ3n) is 1.36. The van der Waals surface area contributed by atoms with Crippen molar-refractivity contribution in [3.05, 3.63) is 21.8 Å². The molecule has 2 heterocycles. The predicted molar refractivity (Wildman–Crippen MR) is 42.8 cm³/mol. The van der Waals surface area contributed by atoms with Gasteiger partial charge in [0.05, 0.1) is 0 Å². The van der Waals surface area contributed by atoms with E-state index in [1.54, 1.807) is 11.5 Å². The molecule has 0 atom stereocenters. The zero-order chi connectivity index (χ0) is 8.82. The van der Waals surface area contributed by atoms with E-state index in [9.17, 15) is 8.42 Å². The summed E-state index contributed by atoms with van der Waals surface area (Å²) in [7, 11) is -3.64. The zero-order valence-electron chi connectivity index (χ0n) is 5.76. The number of hydrogen-bond acceptors (Lipinski definition) is 5. The fourth-order valence-corrected chi connectivity index (χ4v) is 2.40. The number of hydrogen-bond donors (Lipinski definition) is 1. The van der Waals surface area contributed by atoms with Crippen molar-refractivity contribution >= 4 is 21.8 Å². The van der Waals surface area contributed by atoms with Gasteiger partial charge in [0.25, 0.3) is 5.79 Å². The van der Waals surface area contributed by atoms with E-state index in [0.29, 0.717) is 0 Å². The van der Waals surface area contributed by atoms with E-state index in [2.05, 4.69) is 9.78 Å². The maximum atomic E-state index is 10.8. The van der Waals surface area contributed by atoms with Crippen LogP contribution in [0.2, 0.25) is 0 Å². The maximum absolute atomic E-state index is 10.8. The molecule has 0 unspecified atom stereocenters. The van der Waals surface area contributed by atoms with Gasteiger partial charge < -0.3 is 0 Å². The average Bonchev–Trinajstić information content (AvgIpc) is 2.68. The number of sulfonamides is 1. The van der Waals surface area contributed by atoms with Crippen LogP contribution in [0.25, 0.3) is 0 Å². The minimum absolute atomic E-state index is 0.0440. The Balaban J connectivity index is 2.35. The second-order valence-corrected chi connectivity index (χ2v) is 5.05. The van der Waals surface area contributed by atoms with Crippen molar-refractivity contribution in [1.82, 2.24) is 0 Å². The van der Waals surface area contributed by atoms with Crippen LogP contribution in [-0.2, 0) is 19.8 Å². The van der Waals surface area contributed by atoms with Crippen LogP contribution in [-0.4, -0.2) is 14.2 Å². The molecule has 12 heavy (non-hydrogen) atoms. The topological polar surface area (TPSA) is 85.2 Å². The molecule has 0 amide bonds. The molecule has 1 saturated heterocycles. The van der Waals surface area contributed by atoms with Crippen LogP contribution < -0.4 is 5.14 Å². The fourth-order valence-electron chi connectivity index (χ4n) is 0.743. The van der Waals surface area contributed by atoms with Gasteiger partial charge in [-0.1, -0.05) is 11.8 Å². The monoisotopic (exact) mass is 207 g/mol. The number of rotatable bonds is 1. The minimum atomic E-state index is -3.64. The van der Waals surface area contributed by atoms with Crippen LogP contribution in [0.1, 0.15) is 0 Å². The van der Waals surface area contributed by atoms with Gasteiger partial charge in [0.15, 0.2) is 0 Å². The molecule has 2 rings (SSSR count). The lowest BCUT2D eigenvalue weighted by Gasteiger charge is -2.05. The van der Waals surface area contributed by atoms with Crippen molar-refractivity contribution in [3.63, 3.8) is 0 Å². The molecular weight excluding hydrogens is 202 g/mol. The summed E-state index contributed by atoms with van der Waals surface area (Å²) in [6.45, 7) is 0. The van der Waals surface area contributed by atoms with E-state index < -0.39 is 15.8 Å². The highest BCUT2D eigenvalue weighted by atomic mass is 32.3. The predicted octanol–water partition coefficient (Wildman–Crippen LogP) is 0.0349. The summed E-state index contributed by atoms with van der Waals surface area (Å²) in [5.74, 6) is -0.965. The largest absolute Gasteiger partial charge is 0.273 e. The van der Waals surface area contributed by atoms with Gasteiger partial charge in [0.1, 0.15) is 4.24 Å². The Kier molecular flexibility index (Phi) is 1.61. The first-order valence-electron chi connectivity index (χ1n) is 2.99. The van der Waals surface area contributed by atoms with Crippen LogP contribution in [0.5, 0.6) is 0 Å². The molecule has 7 heteroatoms. The lowest BCUT2D eigenvalue weighted by molar-refractivity contribution is 0.0850. The molecule has 5 nitrogen and oxygen atoms in total. The Morgan fingerprint density at radius 2 is 2.17 bits per heavy atom. The summed E-state index contributed by atoms with van der Waals surface area (Å²) in [5, 5.41) is 6.46. The molecule has 0 aliphatic carbocycles. The molecule has 1 spiro atoms. The maximum Gasteiger partial charge on any atom is 0.273 e. The molecule has 0 saturated carbocycles. The highest BCUT2D eigenvalue weighted by Gasteiger charge is 2.47. The normalized spacial score (nSPS) is 25.6. The smallest absolute Gasteiger partial charge is 0.224 e. The van der Waals surface area contributed by atoms with Gasteiger partial charge in [0, 0.05) is 6.08 Å². The Morgan fingerprint density at radius 1 is 1.50 bits per heavy atom. The summed E-state index contributed by atoms with van der Waals surface area (Å²) in [6.07, 6.45) is 2.93. The Bertz CT molecular complexity index is 365. The number of thioether (sulfide) groups is 1. The van der Waals surface area contributed by atoms with Crippen LogP contribution >= 0.6 is 11.8 Å².